The van der Waals surface area contributed by atoms with Crippen molar-refractivity contribution in [1.82, 2.24) is 4.83 Å². The van der Waals surface area contributed by atoms with Gasteiger partial charge in [-0.05, 0) is 58.8 Å². The number of benzene rings is 1. The van der Waals surface area contributed by atoms with Gasteiger partial charge < -0.3 is 0 Å². The van der Waals surface area contributed by atoms with E-state index < -0.39 is 10.0 Å². The van der Waals surface area contributed by atoms with Gasteiger partial charge in [-0.25, -0.2) is 0 Å². The molecule has 0 fully saturated rings. The summed E-state index contributed by atoms with van der Waals surface area (Å²) in [5.74, 6) is 0.544. The summed E-state index contributed by atoms with van der Waals surface area (Å²) >= 11 is 0. The summed E-state index contributed by atoms with van der Waals surface area (Å²) in [4.78, 5) is 2.92. The highest BCUT2D eigenvalue weighted by atomic mass is 32.2. The Morgan fingerprint density at radius 2 is 1.50 bits per heavy atom. The van der Waals surface area contributed by atoms with Crippen molar-refractivity contribution in [3.05, 3.63) is 41.0 Å². The molecule has 0 saturated heterocycles. The number of sulfonamides is 1. The fourth-order valence-corrected chi connectivity index (χ4v) is 5.12. The first kappa shape index (κ1) is 22.7. The Balaban J connectivity index is 2.55. The van der Waals surface area contributed by atoms with Gasteiger partial charge in [-0.3, -0.25) is 0 Å². The van der Waals surface area contributed by atoms with Crippen molar-refractivity contribution >= 4 is 15.7 Å². The molecule has 0 aliphatic heterocycles. The molecule has 1 aliphatic rings. The van der Waals surface area contributed by atoms with E-state index in [2.05, 4.69) is 43.7 Å². The highest BCUT2D eigenvalue weighted by Crippen LogP contribution is 2.35. The topological polar surface area (TPSA) is 58.5 Å². The standard InChI is InChI=1S/C23H36N2O2S/c1-15(2)18-12-20(16(3)4)22(21(13-18)17(5)6)28(26,27)25-24-19-10-9-11-23(7,8)14-19/h9-10,12-13,15-17,25H,11,14H2,1-8H3/b24-19-. The molecule has 0 radical (unpaired) electrons. The van der Waals surface area contributed by atoms with Gasteiger partial charge in [0.15, 0.2) is 0 Å². The Morgan fingerprint density at radius 1 is 0.964 bits per heavy atom. The van der Waals surface area contributed by atoms with E-state index in [9.17, 15) is 8.42 Å². The van der Waals surface area contributed by atoms with Crippen LogP contribution in [0.15, 0.2) is 34.3 Å². The van der Waals surface area contributed by atoms with Gasteiger partial charge in [-0.1, -0.05) is 73.6 Å². The van der Waals surface area contributed by atoms with Crippen molar-refractivity contribution in [3.8, 4) is 0 Å². The molecule has 0 aromatic heterocycles. The van der Waals surface area contributed by atoms with Crippen molar-refractivity contribution in [1.29, 1.82) is 0 Å². The third-order valence-electron chi connectivity index (χ3n) is 5.30. The molecule has 0 heterocycles. The second-order valence-electron chi connectivity index (χ2n) is 9.64. The van der Waals surface area contributed by atoms with Gasteiger partial charge >= 0.3 is 0 Å². The SMILES string of the molecule is CC(C)c1cc(C(C)C)c(S(=O)(=O)N/N=C2/C=CCC(C)(C)C2)c(C(C)C)c1. The molecule has 1 N–H and O–H groups in total. The Hall–Kier alpha value is -1.62. The molecule has 1 aromatic carbocycles. The summed E-state index contributed by atoms with van der Waals surface area (Å²) < 4.78 is 26.7. The molecule has 0 amide bonds. The first-order valence-electron chi connectivity index (χ1n) is 10.3. The minimum absolute atomic E-state index is 0.101. The molecule has 1 aliphatic carbocycles. The average molecular weight is 405 g/mol. The number of allylic oxidation sites excluding steroid dienone is 2. The zero-order valence-corrected chi connectivity index (χ0v) is 19.4. The summed E-state index contributed by atoms with van der Waals surface area (Å²) in [6.07, 6.45) is 5.71. The lowest BCUT2D eigenvalue weighted by molar-refractivity contribution is 0.383. The Labute approximate surface area is 171 Å². The first-order chi connectivity index (χ1) is 12.8. The van der Waals surface area contributed by atoms with Crippen molar-refractivity contribution < 1.29 is 8.42 Å². The number of rotatable bonds is 6. The summed E-state index contributed by atoms with van der Waals surface area (Å²) in [7, 11) is -3.76. The lowest BCUT2D eigenvalue weighted by Crippen LogP contribution is -2.26. The number of nitrogens with one attached hydrogen (secondary N) is 1. The minimum atomic E-state index is -3.76. The summed E-state index contributed by atoms with van der Waals surface area (Å²) in [5.41, 5.74) is 3.78. The van der Waals surface area contributed by atoms with Crippen LogP contribution in [-0.4, -0.2) is 14.1 Å². The summed E-state index contributed by atoms with van der Waals surface area (Å²) in [6.45, 7) is 16.8. The smallest absolute Gasteiger partial charge is 0.200 e. The third-order valence-corrected chi connectivity index (χ3v) is 6.64. The minimum Gasteiger partial charge on any atom is -0.200 e. The van der Waals surface area contributed by atoms with E-state index >= 15 is 0 Å². The average Bonchev–Trinajstić information content (AvgIpc) is 2.57. The molecule has 0 spiro atoms. The fourth-order valence-electron chi connectivity index (χ4n) is 3.58. The van der Waals surface area contributed by atoms with Gasteiger partial charge in [0, 0.05) is 0 Å². The Bertz CT molecular complexity index is 847. The largest absolute Gasteiger partial charge is 0.277 e. The van der Waals surface area contributed by atoms with Crippen LogP contribution < -0.4 is 4.83 Å². The molecule has 4 nitrogen and oxygen atoms in total. The number of hydrogen-bond donors (Lipinski definition) is 1. The van der Waals surface area contributed by atoms with Gasteiger partial charge in [0.05, 0.1) is 10.6 Å². The van der Waals surface area contributed by atoms with Crippen LogP contribution in [0.25, 0.3) is 0 Å². The van der Waals surface area contributed by atoms with Crippen LogP contribution in [0.4, 0.5) is 0 Å². The lowest BCUT2D eigenvalue weighted by Gasteiger charge is -2.26. The van der Waals surface area contributed by atoms with E-state index in [1.807, 2.05) is 45.9 Å². The van der Waals surface area contributed by atoms with Gasteiger partial charge in [0.2, 0.25) is 0 Å². The molecule has 1 aromatic rings. The maximum atomic E-state index is 13.3. The zero-order valence-electron chi connectivity index (χ0n) is 18.6. The zero-order chi connectivity index (χ0) is 21.3. The Morgan fingerprint density at radius 3 is 1.93 bits per heavy atom. The molecule has 0 atom stereocenters. The van der Waals surface area contributed by atoms with E-state index in [1.165, 1.54) is 5.56 Å². The third kappa shape index (κ3) is 5.25. The van der Waals surface area contributed by atoms with Crippen LogP contribution in [0.1, 0.15) is 103 Å². The predicted octanol–water partition coefficient (Wildman–Crippen LogP) is 6.07. The van der Waals surface area contributed by atoms with Gasteiger partial charge in [-0.2, -0.15) is 18.4 Å². The highest BCUT2D eigenvalue weighted by Gasteiger charge is 2.27. The lowest BCUT2D eigenvalue weighted by atomic mass is 9.80. The van der Waals surface area contributed by atoms with Crippen molar-refractivity contribution in [2.45, 2.75) is 90.9 Å². The molecule has 0 saturated carbocycles. The molecular weight excluding hydrogens is 368 g/mol. The van der Waals surface area contributed by atoms with Gasteiger partial charge in [0.1, 0.15) is 0 Å². The fraction of sp³-hybridized carbons (Fsp3) is 0.609. The molecule has 2 rings (SSSR count). The first-order valence-corrected chi connectivity index (χ1v) is 11.7. The van der Waals surface area contributed by atoms with Crippen LogP contribution in [-0.2, 0) is 10.0 Å². The monoisotopic (exact) mass is 404 g/mol. The second kappa shape index (κ2) is 8.40. The van der Waals surface area contributed by atoms with Crippen molar-refractivity contribution in [2.75, 3.05) is 0 Å². The van der Waals surface area contributed by atoms with Crippen molar-refractivity contribution in [3.63, 3.8) is 0 Å². The normalized spacial score (nSPS) is 18.5. The van der Waals surface area contributed by atoms with Crippen LogP contribution in [0.2, 0.25) is 0 Å². The van der Waals surface area contributed by atoms with E-state index in [0.29, 0.717) is 10.8 Å². The van der Waals surface area contributed by atoms with Crippen LogP contribution in [0, 0.1) is 5.41 Å². The number of hydrazone groups is 1. The quantitative estimate of drug-likeness (QED) is 0.585. The summed E-state index contributed by atoms with van der Waals surface area (Å²) in [6, 6.07) is 4.10. The van der Waals surface area contributed by atoms with E-state index in [4.69, 9.17) is 0 Å². The maximum absolute atomic E-state index is 13.3. The molecule has 0 bridgehead atoms. The number of nitrogens with zero attached hydrogens (tertiary/aromatic N) is 1. The van der Waals surface area contributed by atoms with Gasteiger partial charge in [-0.15, -0.1) is 0 Å². The Kier molecular flexibility index (Phi) is 6.80. The van der Waals surface area contributed by atoms with Crippen LogP contribution >= 0.6 is 0 Å². The highest BCUT2D eigenvalue weighted by molar-refractivity contribution is 7.89. The number of hydrogen-bond acceptors (Lipinski definition) is 3. The predicted molar refractivity (Wildman–Crippen MR) is 119 cm³/mol. The molecule has 28 heavy (non-hydrogen) atoms. The van der Waals surface area contributed by atoms with E-state index in [1.54, 1.807) is 0 Å². The molecular formula is C23H36N2O2S. The maximum Gasteiger partial charge on any atom is 0.277 e. The molecule has 5 heteroatoms. The van der Waals surface area contributed by atoms with E-state index in [-0.39, 0.29) is 17.3 Å². The van der Waals surface area contributed by atoms with Crippen molar-refractivity contribution in [2.24, 2.45) is 10.5 Å². The van der Waals surface area contributed by atoms with Crippen LogP contribution in [0.5, 0.6) is 0 Å². The summed E-state index contributed by atoms with van der Waals surface area (Å²) in [5, 5.41) is 4.28. The second-order valence-corrected chi connectivity index (χ2v) is 11.2. The molecule has 156 valence electrons. The molecule has 0 unspecified atom stereocenters. The van der Waals surface area contributed by atoms with Gasteiger partial charge in [0.25, 0.3) is 10.0 Å². The van der Waals surface area contributed by atoms with E-state index in [0.717, 1.165) is 29.7 Å². The van der Waals surface area contributed by atoms with Crippen LogP contribution in [0.3, 0.4) is 0 Å².